The Hall–Kier alpha value is -0.200. The zero-order valence-corrected chi connectivity index (χ0v) is 7.75. The molecule has 4 atom stereocenters. The second kappa shape index (κ2) is 4.34. The summed E-state index contributed by atoms with van der Waals surface area (Å²) in [4.78, 5) is 0. The van der Waals surface area contributed by atoms with Crippen LogP contribution in [-0.4, -0.2) is 52.6 Å². The molecule has 13 heavy (non-hydrogen) atoms. The molecule has 0 aliphatic carbocycles. The van der Waals surface area contributed by atoms with Crippen LogP contribution in [-0.2, 0) is 9.47 Å². The van der Waals surface area contributed by atoms with Crippen molar-refractivity contribution in [2.24, 2.45) is 0 Å². The van der Waals surface area contributed by atoms with E-state index in [1.807, 2.05) is 0 Å². The van der Waals surface area contributed by atoms with Gasteiger partial charge in [0.15, 0.2) is 6.29 Å². The molecule has 5 heteroatoms. The molecule has 0 aromatic carbocycles. The van der Waals surface area contributed by atoms with Gasteiger partial charge in [-0.25, -0.2) is 0 Å². The van der Waals surface area contributed by atoms with E-state index < -0.39 is 24.6 Å². The van der Waals surface area contributed by atoms with Gasteiger partial charge in [-0.1, -0.05) is 0 Å². The van der Waals surface area contributed by atoms with Gasteiger partial charge in [-0.15, -0.1) is 0 Å². The zero-order chi connectivity index (χ0) is 10.0. The maximum absolute atomic E-state index is 9.50. The van der Waals surface area contributed by atoms with Crippen molar-refractivity contribution in [3.05, 3.63) is 0 Å². The second-order valence-electron chi connectivity index (χ2n) is 3.39. The number of ether oxygens (including phenoxy) is 2. The molecule has 5 nitrogen and oxygen atoms in total. The van der Waals surface area contributed by atoms with Crippen LogP contribution in [0, 0.1) is 0 Å². The molecule has 0 spiro atoms. The Labute approximate surface area is 76.9 Å². The van der Waals surface area contributed by atoms with Gasteiger partial charge in [0.05, 0.1) is 12.7 Å². The number of aliphatic hydroxyl groups excluding tert-OH is 3. The highest BCUT2D eigenvalue weighted by molar-refractivity contribution is 4.87. The monoisotopic (exact) mass is 192 g/mol. The van der Waals surface area contributed by atoms with Crippen LogP contribution in [0.1, 0.15) is 13.8 Å². The van der Waals surface area contributed by atoms with Crippen molar-refractivity contribution in [2.75, 3.05) is 6.61 Å². The lowest BCUT2D eigenvalue weighted by molar-refractivity contribution is -0.156. The summed E-state index contributed by atoms with van der Waals surface area (Å²) in [5.41, 5.74) is 0. The van der Waals surface area contributed by atoms with E-state index >= 15 is 0 Å². The summed E-state index contributed by atoms with van der Waals surface area (Å²) in [5, 5.41) is 27.5. The highest BCUT2D eigenvalue weighted by Gasteiger charge is 2.43. The van der Waals surface area contributed by atoms with Gasteiger partial charge in [-0.05, 0) is 13.8 Å². The van der Waals surface area contributed by atoms with E-state index in [1.54, 1.807) is 13.8 Å². The van der Waals surface area contributed by atoms with Crippen molar-refractivity contribution in [2.45, 2.75) is 44.6 Å². The van der Waals surface area contributed by atoms with Gasteiger partial charge in [-0.2, -0.15) is 0 Å². The Bertz CT molecular complexity index is 161. The molecule has 1 saturated heterocycles. The smallest absolute Gasteiger partial charge is 0.184 e. The molecule has 78 valence electrons. The summed E-state index contributed by atoms with van der Waals surface area (Å²) in [5.74, 6) is 0. The van der Waals surface area contributed by atoms with E-state index in [-0.39, 0.29) is 12.7 Å². The molecular formula is C8H16O5. The number of hydrogen-bond acceptors (Lipinski definition) is 5. The maximum atomic E-state index is 9.50. The van der Waals surface area contributed by atoms with Gasteiger partial charge < -0.3 is 24.8 Å². The minimum atomic E-state index is -1.16. The van der Waals surface area contributed by atoms with Crippen LogP contribution >= 0.6 is 0 Å². The highest BCUT2D eigenvalue weighted by Crippen LogP contribution is 2.23. The lowest BCUT2D eigenvalue weighted by atomic mass is 10.1. The van der Waals surface area contributed by atoms with Crippen molar-refractivity contribution in [1.82, 2.24) is 0 Å². The largest absolute Gasteiger partial charge is 0.394 e. The predicted molar refractivity (Wildman–Crippen MR) is 44.0 cm³/mol. The third-order valence-electron chi connectivity index (χ3n) is 1.92. The summed E-state index contributed by atoms with van der Waals surface area (Å²) >= 11 is 0. The number of hydrogen-bond donors (Lipinski definition) is 3. The molecule has 1 rings (SSSR count). The molecule has 0 aromatic rings. The standard InChI is InChI=1S/C8H16O5/c1-4(2)12-7-6(10)5(3-9)13-8(7)11/h4-11H,3H2,1-2H3/t5-,6+,7-,8+/m1/s1. The fourth-order valence-electron chi connectivity index (χ4n) is 1.33. The van der Waals surface area contributed by atoms with Crippen LogP contribution in [0.4, 0.5) is 0 Å². The number of rotatable bonds is 3. The number of aliphatic hydroxyl groups is 3. The van der Waals surface area contributed by atoms with Crippen LogP contribution in [0.3, 0.4) is 0 Å². The SMILES string of the molecule is CC(C)O[C@@H]1[C@@H](O)[C@@H](CO)O[C@@H]1O. The molecule has 1 aliphatic rings. The van der Waals surface area contributed by atoms with Crippen molar-refractivity contribution < 1.29 is 24.8 Å². The van der Waals surface area contributed by atoms with Gasteiger partial charge in [0, 0.05) is 0 Å². The van der Waals surface area contributed by atoms with E-state index in [0.29, 0.717) is 0 Å². The van der Waals surface area contributed by atoms with Crippen molar-refractivity contribution in [3.63, 3.8) is 0 Å². The van der Waals surface area contributed by atoms with Crippen LogP contribution < -0.4 is 0 Å². The molecule has 0 radical (unpaired) electrons. The molecule has 0 saturated carbocycles. The Morgan fingerprint density at radius 2 is 2.00 bits per heavy atom. The maximum Gasteiger partial charge on any atom is 0.184 e. The first-order chi connectivity index (χ1) is 6.06. The lowest BCUT2D eigenvalue weighted by Gasteiger charge is -2.20. The van der Waals surface area contributed by atoms with Crippen LogP contribution in [0.25, 0.3) is 0 Å². The molecule has 3 N–H and O–H groups in total. The topological polar surface area (TPSA) is 79.2 Å². The molecule has 1 fully saturated rings. The molecule has 1 heterocycles. The Morgan fingerprint density at radius 3 is 2.38 bits per heavy atom. The third-order valence-corrected chi connectivity index (χ3v) is 1.92. The van der Waals surface area contributed by atoms with E-state index in [0.717, 1.165) is 0 Å². The first-order valence-corrected chi connectivity index (χ1v) is 4.34. The van der Waals surface area contributed by atoms with Crippen LogP contribution in [0.15, 0.2) is 0 Å². The molecule has 0 aromatic heterocycles. The summed E-state index contributed by atoms with van der Waals surface area (Å²) in [6.45, 7) is 3.27. The molecule has 0 unspecified atom stereocenters. The Balaban J connectivity index is 2.53. The predicted octanol–water partition coefficient (Wildman–Crippen LogP) is -1.15. The van der Waals surface area contributed by atoms with Crippen LogP contribution in [0.5, 0.6) is 0 Å². The third kappa shape index (κ3) is 2.38. The van der Waals surface area contributed by atoms with Crippen LogP contribution in [0.2, 0.25) is 0 Å². The van der Waals surface area contributed by atoms with Gasteiger partial charge in [0.1, 0.15) is 18.3 Å². The van der Waals surface area contributed by atoms with Crippen molar-refractivity contribution in [1.29, 1.82) is 0 Å². The Morgan fingerprint density at radius 1 is 1.38 bits per heavy atom. The fraction of sp³-hybridized carbons (Fsp3) is 1.00. The molecular weight excluding hydrogens is 176 g/mol. The minimum Gasteiger partial charge on any atom is -0.394 e. The van der Waals surface area contributed by atoms with Gasteiger partial charge >= 0.3 is 0 Å². The molecule has 0 amide bonds. The summed E-state index contributed by atoms with van der Waals surface area (Å²) in [6.07, 6.45) is -3.75. The molecule has 1 aliphatic heterocycles. The van der Waals surface area contributed by atoms with E-state index in [4.69, 9.17) is 14.6 Å². The fourth-order valence-corrected chi connectivity index (χ4v) is 1.33. The minimum absolute atomic E-state index is 0.102. The average molecular weight is 192 g/mol. The van der Waals surface area contributed by atoms with Crippen molar-refractivity contribution >= 4 is 0 Å². The lowest BCUT2D eigenvalue weighted by Crippen LogP contribution is -2.37. The molecule has 0 bridgehead atoms. The first-order valence-electron chi connectivity index (χ1n) is 4.34. The van der Waals surface area contributed by atoms with Gasteiger partial charge in [-0.3, -0.25) is 0 Å². The summed E-state index contributed by atoms with van der Waals surface area (Å²) < 4.78 is 10.1. The van der Waals surface area contributed by atoms with Crippen molar-refractivity contribution in [3.8, 4) is 0 Å². The summed E-state index contributed by atoms with van der Waals surface area (Å²) in [6, 6.07) is 0. The normalized spacial score (nSPS) is 40.2. The average Bonchev–Trinajstić information content (AvgIpc) is 2.31. The second-order valence-corrected chi connectivity index (χ2v) is 3.39. The van der Waals surface area contributed by atoms with Gasteiger partial charge in [0.25, 0.3) is 0 Å². The van der Waals surface area contributed by atoms with E-state index in [1.165, 1.54) is 0 Å². The zero-order valence-electron chi connectivity index (χ0n) is 7.75. The Kier molecular flexibility index (Phi) is 3.63. The first kappa shape index (κ1) is 10.9. The summed E-state index contributed by atoms with van der Waals surface area (Å²) in [7, 11) is 0. The quantitative estimate of drug-likeness (QED) is 0.526. The van der Waals surface area contributed by atoms with E-state index in [2.05, 4.69) is 0 Å². The van der Waals surface area contributed by atoms with Gasteiger partial charge in [0.2, 0.25) is 0 Å². The highest BCUT2D eigenvalue weighted by atomic mass is 16.7. The van der Waals surface area contributed by atoms with E-state index in [9.17, 15) is 10.2 Å².